The number of nitrogens with zero attached hydrogens (tertiary/aromatic N) is 7. The first-order valence-electron chi connectivity index (χ1n) is 21.1. The van der Waals surface area contributed by atoms with Gasteiger partial charge in [-0.25, -0.2) is 24.5 Å². The molecule has 2 spiro atoms. The normalized spacial score (nSPS) is 28.0. The van der Waals surface area contributed by atoms with Crippen molar-refractivity contribution in [2.24, 2.45) is 0 Å². The average Bonchev–Trinajstić information content (AvgIpc) is 3.98. The van der Waals surface area contributed by atoms with Gasteiger partial charge in [0.1, 0.15) is 11.5 Å². The Kier molecular flexibility index (Phi) is 10.9. The molecule has 0 bridgehead atoms. The molecule has 2 N–H and O–H groups in total. The maximum Gasteiger partial charge on any atom is 0.433 e. The molecule has 2 aromatic heterocycles. The first kappa shape index (κ1) is 41.6. The van der Waals surface area contributed by atoms with Crippen LogP contribution in [0.2, 0.25) is 0 Å². The predicted octanol–water partition coefficient (Wildman–Crippen LogP) is 8.36. The van der Waals surface area contributed by atoms with Crippen molar-refractivity contribution in [1.29, 1.82) is 0 Å². The van der Waals surface area contributed by atoms with E-state index in [1.54, 1.807) is 6.92 Å². The average molecular weight is 824 g/mol. The van der Waals surface area contributed by atoms with Crippen LogP contribution in [0.15, 0.2) is 85.3 Å². The molecular formula is C46H56F3N9O2. The summed E-state index contributed by atoms with van der Waals surface area (Å²) in [6.45, 7) is 2.70. The Morgan fingerprint density at radius 2 is 1.10 bits per heavy atom. The van der Waals surface area contributed by atoms with E-state index in [1.165, 1.54) is 28.9 Å². The summed E-state index contributed by atoms with van der Waals surface area (Å²) in [6, 6.07) is 21.9. The first-order chi connectivity index (χ1) is 28.6. The minimum absolute atomic E-state index is 0.0233. The number of hydrogen-bond acceptors (Lipinski definition) is 7. The fraction of sp³-hybridized carbons (Fsp3) is 0.500. The van der Waals surface area contributed by atoms with Crippen molar-refractivity contribution in [1.82, 2.24) is 35.4 Å². The van der Waals surface area contributed by atoms with Gasteiger partial charge in [-0.1, -0.05) is 60.7 Å². The SMILES string of the molecule is CN(C)C1(c2ccccc2)CCC2(CC1)CN(c1cnc(C3CC3)nc1)C(=O)N2.Cc1cc(C(F)(F)F)ncc1N1CC2(CCC(c3ccccc3)(N(C)C)CC2)NC1=O. The molecule has 0 unspecified atom stereocenters. The molecule has 3 saturated carbocycles. The van der Waals surface area contributed by atoms with Crippen LogP contribution < -0.4 is 20.4 Å². The van der Waals surface area contributed by atoms with E-state index in [9.17, 15) is 22.8 Å². The molecule has 4 heterocycles. The molecule has 14 heteroatoms. The Balaban J connectivity index is 0.000000167. The van der Waals surface area contributed by atoms with Gasteiger partial charge in [0.15, 0.2) is 0 Å². The van der Waals surface area contributed by atoms with E-state index in [0.717, 1.165) is 75.1 Å². The molecule has 5 fully saturated rings. The molecule has 3 aliphatic carbocycles. The minimum Gasteiger partial charge on any atom is -0.330 e. The molecule has 2 saturated heterocycles. The summed E-state index contributed by atoms with van der Waals surface area (Å²) in [6.07, 6.45) is 9.95. The number of aromatic nitrogens is 3. The number of halogens is 3. The lowest BCUT2D eigenvalue weighted by molar-refractivity contribution is -0.141. The summed E-state index contributed by atoms with van der Waals surface area (Å²) in [5.41, 5.74) is 2.67. The van der Waals surface area contributed by atoms with Gasteiger partial charge in [-0.3, -0.25) is 19.6 Å². The summed E-state index contributed by atoms with van der Waals surface area (Å²) in [4.78, 5) is 46.1. The predicted molar refractivity (Wildman–Crippen MR) is 226 cm³/mol. The van der Waals surface area contributed by atoms with Crippen LogP contribution in [0, 0.1) is 6.92 Å². The number of benzene rings is 2. The lowest BCUT2D eigenvalue weighted by atomic mass is 9.69. The standard InChI is InChI=1S/C23H27F3N4O.C23H29N5O/c1-16-13-19(23(24,25)26)27-14-18(16)30-15-21(28-20(30)31)9-11-22(12-10-21,29(2)3)17-7-5-4-6-8-17;1-27(2)23(18-6-4-3-5-7-18)12-10-22(11-13-23)16-28(21(29)26-22)19-14-24-20(25-15-19)17-8-9-17/h4-8,13-14H,9-12,15H2,1-3H3,(H,28,31);3-7,14-15,17H,8-13,16H2,1-2H3,(H,26,29). The Hall–Kier alpha value is -5.08. The zero-order chi connectivity index (χ0) is 42.5. The molecule has 2 aromatic carbocycles. The van der Waals surface area contributed by atoms with E-state index in [4.69, 9.17) is 0 Å². The Morgan fingerprint density at radius 3 is 1.52 bits per heavy atom. The molecule has 0 radical (unpaired) electrons. The van der Waals surface area contributed by atoms with Gasteiger partial charge < -0.3 is 10.6 Å². The molecule has 4 amide bonds. The van der Waals surface area contributed by atoms with Crippen molar-refractivity contribution in [2.75, 3.05) is 51.1 Å². The highest BCUT2D eigenvalue weighted by atomic mass is 19.4. The van der Waals surface area contributed by atoms with Crippen molar-refractivity contribution in [2.45, 2.75) is 105 Å². The third-order valence-electron chi connectivity index (χ3n) is 14.1. The minimum atomic E-state index is -4.51. The van der Waals surface area contributed by atoms with Crippen molar-refractivity contribution in [3.8, 4) is 0 Å². The van der Waals surface area contributed by atoms with Gasteiger partial charge in [0.25, 0.3) is 0 Å². The van der Waals surface area contributed by atoms with Crippen LogP contribution in [0.4, 0.5) is 34.1 Å². The molecule has 60 heavy (non-hydrogen) atoms. The second kappa shape index (κ2) is 15.7. The number of carbonyl (C=O) groups is 2. The number of pyridine rings is 1. The van der Waals surface area contributed by atoms with E-state index in [1.807, 2.05) is 35.5 Å². The van der Waals surface area contributed by atoms with Crippen LogP contribution in [-0.2, 0) is 17.3 Å². The number of amides is 4. The van der Waals surface area contributed by atoms with Crippen LogP contribution >= 0.6 is 0 Å². The van der Waals surface area contributed by atoms with Gasteiger partial charge in [-0.05, 0) is 122 Å². The van der Waals surface area contributed by atoms with E-state index in [2.05, 4.69) is 106 Å². The van der Waals surface area contributed by atoms with Crippen LogP contribution in [0.3, 0.4) is 0 Å². The molecule has 11 nitrogen and oxygen atoms in total. The number of alkyl halides is 3. The highest BCUT2D eigenvalue weighted by Gasteiger charge is 2.52. The van der Waals surface area contributed by atoms with Gasteiger partial charge in [-0.15, -0.1) is 0 Å². The van der Waals surface area contributed by atoms with Crippen LogP contribution in [0.1, 0.15) is 98.3 Å². The first-order valence-corrected chi connectivity index (χ1v) is 21.1. The smallest absolute Gasteiger partial charge is 0.330 e. The molecule has 9 rings (SSSR count). The number of rotatable bonds is 7. The maximum atomic E-state index is 13.0. The Bertz CT molecular complexity index is 2160. The van der Waals surface area contributed by atoms with E-state index >= 15 is 0 Å². The van der Waals surface area contributed by atoms with Crippen LogP contribution in [0.25, 0.3) is 0 Å². The van der Waals surface area contributed by atoms with E-state index in [-0.39, 0.29) is 34.2 Å². The van der Waals surface area contributed by atoms with Crippen molar-refractivity contribution >= 4 is 23.4 Å². The third kappa shape index (κ3) is 7.84. The number of aryl methyl sites for hydroxylation is 1. The van der Waals surface area contributed by atoms with Gasteiger partial charge in [0.05, 0.1) is 54.1 Å². The quantitative estimate of drug-likeness (QED) is 0.193. The zero-order valence-electron chi connectivity index (χ0n) is 35.2. The summed E-state index contributed by atoms with van der Waals surface area (Å²) >= 11 is 0. The fourth-order valence-corrected chi connectivity index (χ4v) is 10.2. The van der Waals surface area contributed by atoms with E-state index < -0.39 is 11.9 Å². The lowest BCUT2D eigenvalue weighted by Gasteiger charge is -2.48. The summed E-state index contributed by atoms with van der Waals surface area (Å²) in [7, 11) is 8.51. The Labute approximate surface area is 350 Å². The Morgan fingerprint density at radius 1 is 0.650 bits per heavy atom. The monoisotopic (exact) mass is 823 g/mol. The largest absolute Gasteiger partial charge is 0.433 e. The number of urea groups is 2. The van der Waals surface area contributed by atoms with Gasteiger partial charge >= 0.3 is 18.2 Å². The van der Waals surface area contributed by atoms with Crippen LogP contribution in [0.5, 0.6) is 0 Å². The fourth-order valence-electron chi connectivity index (χ4n) is 10.2. The molecule has 5 aliphatic rings. The van der Waals surface area contributed by atoms with E-state index in [0.29, 0.717) is 30.3 Å². The van der Waals surface area contributed by atoms with Gasteiger partial charge in [0.2, 0.25) is 0 Å². The number of carbonyl (C=O) groups excluding carboxylic acids is 2. The summed E-state index contributed by atoms with van der Waals surface area (Å²) < 4.78 is 38.9. The molecule has 4 aromatic rings. The lowest BCUT2D eigenvalue weighted by Crippen LogP contribution is -2.54. The van der Waals surface area contributed by atoms with Crippen molar-refractivity contribution in [3.63, 3.8) is 0 Å². The van der Waals surface area contributed by atoms with Crippen molar-refractivity contribution < 1.29 is 22.8 Å². The number of hydrogen-bond donors (Lipinski definition) is 2. The number of nitrogens with one attached hydrogen (secondary N) is 2. The van der Waals surface area contributed by atoms with Crippen molar-refractivity contribution in [3.05, 3.63) is 114 Å². The highest BCUT2D eigenvalue weighted by Crippen LogP contribution is 2.48. The summed E-state index contributed by atoms with van der Waals surface area (Å²) in [5, 5.41) is 6.45. The second-order valence-corrected chi connectivity index (χ2v) is 18.1. The topological polar surface area (TPSA) is 110 Å². The van der Waals surface area contributed by atoms with Crippen LogP contribution in [-0.4, -0.2) is 89.2 Å². The van der Waals surface area contributed by atoms with Gasteiger partial charge in [0, 0.05) is 17.0 Å². The molecule has 318 valence electrons. The highest BCUT2D eigenvalue weighted by molar-refractivity contribution is 5.96. The third-order valence-corrected chi connectivity index (χ3v) is 14.1. The summed E-state index contributed by atoms with van der Waals surface area (Å²) in [5.74, 6) is 1.44. The molecular weight excluding hydrogens is 768 g/mol. The maximum absolute atomic E-state index is 13.0. The van der Waals surface area contributed by atoms with Gasteiger partial charge in [-0.2, -0.15) is 13.2 Å². The molecule has 0 atom stereocenters. The second-order valence-electron chi connectivity index (χ2n) is 18.1. The molecule has 2 aliphatic heterocycles. The zero-order valence-corrected chi connectivity index (χ0v) is 35.2. The number of anilines is 2.